The zero-order chi connectivity index (χ0) is 30.2. The number of halogens is 2. The average Bonchev–Trinajstić information content (AvgIpc) is 3.47. The van der Waals surface area contributed by atoms with Gasteiger partial charge < -0.3 is 10.1 Å². The molecule has 5 amide bonds. The Labute approximate surface area is 254 Å². The molecule has 2 aliphatic heterocycles. The van der Waals surface area contributed by atoms with E-state index >= 15 is 0 Å². The Bertz CT molecular complexity index is 1840. The lowest BCUT2D eigenvalue weighted by Gasteiger charge is -2.27. The molecule has 0 radical (unpaired) electrons. The summed E-state index contributed by atoms with van der Waals surface area (Å²) in [5.41, 5.74) is 1.91. The third kappa shape index (κ3) is 5.33. The standard InChI is InChI=1S/C30H23Cl2N5O6/c31-17-9-8-16(20(32)14-17)15-36-21-6-2-1-4-18(21)26(35-36)28(40)33-12-13-43-23-7-3-5-19-25(23)30(42)37(29(19)41)22-10-11-24(38)34-27(22)39/h1-9,14,22H,10-13,15H2,(H,33,40)(H,34,38,39). The van der Waals surface area contributed by atoms with E-state index in [4.69, 9.17) is 27.9 Å². The van der Waals surface area contributed by atoms with Crippen LogP contribution in [0, 0.1) is 0 Å². The van der Waals surface area contributed by atoms with Crippen LogP contribution in [-0.4, -0.2) is 63.4 Å². The van der Waals surface area contributed by atoms with Crippen molar-refractivity contribution in [2.45, 2.75) is 25.4 Å². The zero-order valence-corrected chi connectivity index (χ0v) is 23.9. The van der Waals surface area contributed by atoms with Gasteiger partial charge in [0.2, 0.25) is 11.8 Å². The SMILES string of the molecule is O=C1CCC(N2C(=O)c3cccc(OCCNC(=O)c4nn(Cc5ccc(Cl)cc5Cl)c5ccccc45)c3C2=O)C(=O)N1. The number of ether oxygens (including phenoxy) is 1. The molecule has 4 aromatic rings. The fourth-order valence-corrected chi connectivity index (χ4v) is 5.71. The molecule has 3 aromatic carbocycles. The molecule has 1 atom stereocenters. The van der Waals surface area contributed by atoms with Crippen molar-refractivity contribution >= 4 is 63.6 Å². The molecule has 3 heterocycles. The monoisotopic (exact) mass is 619 g/mol. The van der Waals surface area contributed by atoms with Crippen LogP contribution >= 0.6 is 23.2 Å². The van der Waals surface area contributed by atoms with Crippen molar-refractivity contribution in [2.75, 3.05) is 13.2 Å². The number of nitrogens with one attached hydrogen (secondary N) is 2. The van der Waals surface area contributed by atoms with Crippen LogP contribution in [0.3, 0.4) is 0 Å². The molecule has 11 nitrogen and oxygen atoms in total. The Balaban J connectivity index is 1.13. The van der Waals surface area contributed by atoms with Crippen LogP contribution in [0.25, 0.3) is 10.9 Å². The van der Waals surface area contributed by atoms with Gasteiger partial charge in [0, 0.05) is 21.9 Å². The van der Waals surface area contributed by atoms with E-state index in [2.05, 4.69) is 15.7 Å². The van der Waals surface area contributed by atoms with Gasteiger partial charge in [-0.2, -0.15) is 5.10 Å². The maximum Gasteiger partial charge on any atom is 0.272 e. The van der Waals surface area contributed by atoms with E-state index in [1.807, 2.05) is 18.2 Å². The first-order valence-corrected chi connectivity index (χ1v) is 14.1. The van der Waals surface area contributed by atoms with E-state index in [9.17, 15) is 24.0 Å². The first-order valence-electron chi connectivity index (χ1n) is 13.4. The summed E-state index contributed by atoms with van der Waals surface area (Å²) in [6.07, 6.45) is 0.0742. The summed E-state index contributed by atoms with van der Waals surface area (Å²) in [6, 6.07) is 16.0. The van der Waals surface area contributed by atoms with Crippen LogP contribution in [0.1, 0.15) is 49.6 Å². The molecular formula is C30H23Cl2N5O6. The molecule has 0 bridgehead atoms. The zero-order valence-electron chi connectivity index (χ0n) is 22.4. The van der Waals surface area contributed by atoms with Gasteiger partial charge in [0.05, 0.1) is 29.7 Å². The molecule has 13 heteroatoms. The van der Waals surface area contributed by atoms with Crippen LogP contribution in [0.4, 0.5) is 0 Å². The minimum Gasteiger partial charge on any atom is -0.491 e. The molecule has 218 valence electrons. The highest BCUT2D eigenvalue weighted by Gasteiger charge is 2.46. The Morgan fingerprint density at radius 2 is 1.84 bits per heavy atom. The number of benzene rings is 3. The number of imide groups is 2. The van der Waals surface area contributed by atoms with Crippen LogP contribution in [0.2, 0.25) is 10.0 Å². The van der Waals surface area contributed by atoms with E-state index in [1.165, 1.54) is 12.1 Å². The molecule has 2 N–H and O–H groups in total. The molecule has 1 unspecified atom stereocenters. The van der Waals surface area contributed by atoms with Gasteiger partial charge >= 0.3 is 0 Å². The number of carbonyl (C=O) groups excluding carboxylic acids is 5. The second kappa shape index (κ2) is 11.5. The van der Waals surface area contributed by atoms with Gasteiger partial charge in [-0.05, 0) is 42.3 Å². The van der Waals surface area contributed by atoms with Crippen molar-refractivity contribution < 1.29 is 28.7 Å². The second-order valence-corrected chi connectivity index (χ2v) is 10.8. The molecule has 6 rings (SSSR count). The molecule has 0 saturated carbocycles. The summed E-state index contributed by atoms with van der Waals surface area (Å²) >= 11 is 12.4. The van der Waals surface area contributed by atoms with Crippen molar-refractivity contribution in [1.82, 2.24) is 25.3 Å². The minimum absolute atomic E-state index is 0.0128. The number of fused-ring (bicyclic) bond motifs is 2. The Morgan fingerprint density at radius 1 is 1.02 bits per heavy atom. The number of carbonyl (C=O) groups is 5. The molecule has 43 heavy (non-hydrogen) atoms. The Kier molecular flexibility index (Phi) is 7.59. The average molecular weight is 620 g/mol. The van der Waals surface area contributed by atoms with Gasteiger partial charge in [0.25, 0.3) is 17.7 Å². The molecule has 0 spiro atoms. The summed E-state index contributed by atoms with van der Waals surface area (Å²) in [6.45, 7) is 0.390. The summed E-state index contributed by atoms with van der Waals surface area (Å²) in [4.78, 5) is 64.2. The first-order chi connectivity index (χ1) is 20.7. The predicted octanol–water partition coefficient (Wildman–Crippen LogP) is 3.60. The number of nitrogens with zero attached hydrogens (tertiary/aromatic N) is 3. The summed E-state index contributed by atoms with van der Waals surface area (Å²) < 4.78 is 7.50. The normalized spacial score (nSPS) is 16.4. The lowest BCUT2D eigenvalue weighted by Crippen LogP contribution is -2.54. The molecule has 1 aromatic heterocycles. The van der Waals surface area contributed by atoms with Crippen molar-refractivity contribution in [3.05, 3.63) is 93.1 Å². The lowest BCUT2D eigenvalue weighted by atomic mass is 10.0. The fourth-order valence-electron chi connectivity index (χ4n) is 5.24. The topological polar surface area (TPSA) is 140 Å². The third-order valence-electron chi connectivity index (χ3n) is 7.28. The van der Waals surface area contributed by atoms with Crippen molar-refractivity contribution in [3.63, 3.8) is 0 Å². The minimum atomic E-state index is -1.08. The summed E-state index contributed by atoms with van der Waals surface area (Å²) in [7, 11) is 0. The molecule has 1 fully saturated rings. The smallest absolute Gasteiger partial charge is 0.272 e. The van der Waals surface area contributed by atoms with E-state index < -0.39 is 35.6 Å². The number of piperidine rings is 1. The number of aromatic nitrogens is 2. The highest BCUT2D eigenvalue weighted by molar-refractivity contribution is 6.35. The van der Waals surface area contributed by atoms with Crippen molar-refractivity contribution in [2.24, 2.45) is 0 Å². The second-order valence-electron chi connectivity index (χ2n) is 9.99. The maximum absolute atomic E-state index is 13.2. The first kappa shape index (κ1) is 28.4. The Morgan fingerprint density at radius 3 is 2.63 bits per heavy atom. The maximum atomic E-state index is 13.2. The number of amides is 5. The van der Waals surface area contributed by atoms with Gasteiger partial charge in [-0.3, -0.25) is 38.9 Å². The predicted molar refractivity (Wildman–Crippen MR) is 156 cm³/mol. The lowest BCUT2D eigenvalue weighted by molar-refractivity contribution is -0.136. The van der Waals surface area contributed by atoms with Crippen LogP contribution in [-0.2, 0) is 16.1 Å². The number of rotatable bonds is 8. The van der Waals surface area contributed by atoms with Gasteiger partial charge in [-0.15, -0.1) is 0 Å². The third-order valence-corrected chi connectivity index (χ3v) is 7.87. The molecule has 1 saturated heterocycles. The van der Waals surface area contributed by atoms with Crippen LogP contribution in [0.5, 0.6) is 5.75 Å². The Hall–Kier alpha value is -4.74. The highest BCUT2D eigenvalue weighted by Crippen LogP contribution is 2.33. The number of hydrogen-bond acceptors (Lipinski definition) is 7. The van der Waals surface area contributed by atoms with E-state index in [0.717, 1.165) is 16.0 Å². The van der Waals surface area contributed by atoms with Gasteiger partial charge in [-0.1, -0.05) is 53.5 Å². The molecule has 0 aliphatic carbocycles. The van der Waals surface area contributed by atoms with E-state index in [1.54, 1.807) is 35.0 Å². The van der Waals surface area contributed by atoms with Crippen LogP contribution in [0.15, 0.2) is 60.7 Å². The quantitative estimate of drug-likeness (QED) is 0.227. The number of hydrogen-bond donors (Lipinski definition) is 2. The van der Waals surface area contributed by atoms with Gasteiger partial charge in [0.1, 0.15) is 18.4 Å². The largest absolute Gasteiger partial charge is 0.491 e. The van der Waals surface area contributed by atoms with E-state index in [0.29, 0.717) is 22.0 Å². The van der Waals surface area contributed by atoms with Gasteiger partial charge in [-0.25, -0.2) is 0 Å². The summed E-state index contributed by atoms with van der Waals surface area (Å²) in [5.74, 6) is -2.72. The van der Waals surface area contributed by atoms with Gasteiger partial charge in [0.15, 0.2) is 5.69 Å². The molecular weight excluding hydrogens is 597 g/mol. The van der Waals surface area contributed by atoms with Crippen molar-refractivity contribution in [1.29, 1.82) is 0 Å². The summed E-state index contributed by atoms with van der Waals surface area (Å²) in [5, 5.41) is 11.2. The highest BCUT2D eigenvalue weighted by atomic mass is 35.5. The van der Waals surface area contributed by atoms with Crippen LogP contribution < -0.4 is 15.4 Å². The fraction of sp³-hybridized carbons (Fsp3) is 0.200. The van der Waals surface area contributed by atoms with E-state index in [-0.39, 0.29) is 48.6 Å². The van der Waals surface area contributed by atoms with Crippen molar-refractivity contribution in [3.8, 4) is 5.75 Å². The number of para-hydroxylation sites is 1. The molecule has 2 aliphatic rings.